The Morgan fingerprint density at radius 3 is 2.50 bits per heavy atom. The Morgan fingerprint density at radius 2 is 1.81 bits per heavy atom. The van der Waals surface area contributed by atoms with E-state index in [1.54, 1.807) is 17.9 Å². The number of rotatable bonds is 6. The molecular formula is C23H28N4O4S. The van der Waals surface area contributed by atoms with Gasteiger partial charge in [-0.3, -0.25) is 14.4 Å². The predicted molar refractivity (Wildman–Crippen MR) is 121 cm³/mol. The fourth-order valence-corrected chi connectivity index (χ4v) is 5.08. The molecule has 0 spiro atoms. The van der Waals surface area contributed by atoms with Gasteiger partial charge >= 0.3 is 0 Å². The van der Waals surface area contributed by atoms with E-state index in [-0.39, 0.29) is 23.6 Å². The first kappa shape index (κ1) is 22.4. The van der Waals surface area contributed by atoms with Crippen molar-refractivity contribution in [1.29, 1.82) is 0 Å². The van der Waals surface area contributed by atoms with Gasteiger partial charge in [-0.25, -0.2) is 0 Å². The van der Waals surface area contributed by atoms with E-state index in [1.165, 1.54) is 11.8 Å². The second-order valence-electron chi connectivity index (χ2n) is 8.25. The van der Waals surface area contributed by atoms with E-state index >= 15 is 0 Å². The Kier molecular flexibility index (Phi) is 7.14. The maximum atomic E-state index is 13.2. The summed E-state index contributed by atoms with van der Waals surface area (Å²) in [4.78, 5) is 42.6. The first-order chi connectivity index (χ1) is 15.5. The van der Waals surface area contributed by atoms with Crippen LogP contribution in [0.15, 0.2) is 39.8 Å². The van der Waals surface area contributed by atoms with Crippen LogP contribution in [0.1, 0.15) is 41.8 Å². The fraction of sp³-hybridized carbons (Fsp3) is 0.478. The average molecular weight is 457 g/mol. The molecule has 32 heavy (non-hydrogen) atoms. The van der Waals surface area contributed by atoms with Gasteiger partial charge in [-0.1, -0.05) is 17.3 Å². The van der Waals surface area contributed by atoms with Crippen molar-refractivity contribution < 1.29 is 18.9 Å². The average Bonchev–Trinajstić information content (AvgIpc) is 3.49. The number of aryl methyl sites for hydroxylation is 1. The molecule has 2 fully saturated rings. The van der Waals surface area contributed by atoms with Gasteiger partial charge in [0, 0.05) is 43.1 Å². The van der Waals surface area contributed by atoms with Gasteiger partial charge in [0.15, 0.2) is 5.82 Å². The van der Waals surface area contributed by atoms with Crippen LogP contribution in [0.4, 0.5) is 5.82 Å². The lowest BCUT2D eigenvalue weighted by Gasteiger charge is -2.31. The number of amides is 3. The highest BCUT2D eigenvalue weighted by molar-refractivity contribution is 8.00. The van der Waals surface area contributed by atoms with E-state index in [9.17, 15) is 14.4 Å². The van der Waals surface area contributed by atoms with E-state index < -0.39 is 0 Å². The van der Waals surface area contributed by atoms with Crippen molar-refractivity contribution in [3.8, 4) is 0 Å². The molecule has 9 heteroatoms. The number of thioether (sulfide) groups is 1. The third kappa shape index (κ3) is 5.32. The largest absolute Gasteiger partial charge is 0.360 e. The summed E-state index contributed by atoms with van der Waals surface area (Å²) in [5.41, 5.74) is 0.618. The molecule has 170 valence electrons. The van der Waals surface area contributed by atoms with Crippen LogP contribution in [0.25, 0.3) is 0 Å². The summed E-state index contributed by atoms with van der Waals surface area (Å²) in [7, 11) is 0. The van der Waals surface area contributed by atoms with Gasteiger partial charge in [0.05, 0.1) is 11.3 Å². The normalized spacial score (nSPS) is 16.9. The van der Waals surface area contributed by atoms with Crippen LogP contribution < -0.4 is 5.32 Å². The third-order valence-electron chi connectivity index (χ3n) is 5.96. The lowest BCUT2D eigenvalue weighted by molar-refractivity contribution is -0.127. The second-order valence-corrected chi connectivity index (χ2v) is 9.27. The van der Waals surface area contributed by atoms with Crippen LogP contribution >= 0.6 is 11.8 Å². The minimum absolute atomic E-state index is 0.0484. The van der Waals surface area contributed by atoms with Gasteiger partial charge < -0.3 is 19.6 Å². The number of hydrogen-bond donors (Lipinski definition) is 1. The molecule has 2 saturated heterocycles. The van der Waals surface area contributed by atoms with Crippen LogP contribution in [0, 0.1) is 12.8 Å². The Hall–Kier alpha value is -2.81. The highest BCUT2D eigenvalue weighted by atomic mass is 32.2. The molecule has 0 radical (unpaired) electrons. The van der Waals surface area contributed by atoms with Gasteiger partial charge in [0.1, 0.15) is 5.76 Å². The molecule has 0 aliphatic carbocycles. The second kappa shape index (κ2) is 10.2. The van der Waals surface area contributed by atoms with E-state index in [0.29, 0.717) is 48.8 Å². The molecule has 1 aromatic heterocycles. The van der Waals surface area contributed by atoms with Crippen LogP contribution in [0.5, 0.6) is 0 Å². The van der Waals surface area contributed by atoms with Crippen molar-refractivity contribution >= 4 is 35.3 Å². The van der Waals surface area contributed by atoms with Crippen molar-refractivity contribution in [1.82, 2.24) is 15.0 Å². The van der Waals surface area contributed by atoms with E-state index in [2.05, 4.69) is 10.5 Å². The highest BCUT2D eigenvalue weighted by Gasteiger charge is 2.29. The predicted octanol–water partition coefficient (Wildman–Crippen LogP) is 3.19. The molecule has 3 heterocycles. The first-order valence-corrected chi connectivity index (χ1v) is 12.0. The molecule has 8 nitrogen and oxygen atoms in total. The molecule has 0 atom stereocenters. The van der Waals surface area contributed by atoms with Crippen LogP contribution in [0.2, 0.25) is 0 Å². The van der Waals surface area contributed by atoms with E-state index in [4.69, 9.17) is 4.52 Å². The number of benzene rings is 1. The van der Waals surface area contributed by atoms with Gasteiger partial charge in [0.25, 0.3) is 5.91 Å². The number of nitrogens with one attached hydrogen (secondary N) is 1. The lowest BCUT2D eigenvalue weighted by Crippen LogP contribution is -2.41. The number of piperidine rings is 1. The maximum Gasteiger partial charge on any atom is 0.254 e. The summed E-state index contributed by atoms with van der Waals surface area (Å²) >= 11 is 1.42. The number of hydrogen-bond acceptors (Lipinski definition) is 6. The summed E-state index contributed by atoms with van der Waals surface area (Å²) in [6.07, 6.45) is 3.32. The summed E-state index contributed by atoms with van der Waals surface area (Å²) in [6.45, 7) is 4.46. The van der Waals surface area contributed by atoms with Gasteiger partial charge in [-0.2, -0.15) is 0 Å². The van der Waals surface area contributed by atoms with Crippen molar-refractivity contribution in [2.45, 2.75) is 37.5 Å². The number of nitrogens with zero attached hydrogens (tertiary/aromatic N) is 3. The van der Waals surface area contributed by atoms with Crippen molar-refractivity contribution in [2.24, 2.45) is 5.92 Å². The topological polar surface area (TPSA) is 95.8 Å². The highest BCUT2D eigenvalue weighted by Crippen LogP contribution is 2.27. The molecule has 2 aliphatic heterocycles. The molecule has 4 rings (SSSR count). The van der Waals surface area contributed by atoms with E-state index in [1.807, 2.05) is 29.2 Å². The summed E-state index contributed by atoms with van der Waals surface area (Å²) in [6, 6.07) is 9.13. The van der Waals surface area contributed by atoms with Gasteiger partial charge in [-0.15, -0.1) is 11.8 Å². The lowest BCUT2D eigenvalue weighted by atomic mass is 9.95. The number of aromatic nitrogens is 1. The minimum atomic E-state index is -0.168. The van der Waals surface area contributed by atoms with Crippen LogP contribution in [0.3, 0.4) is 0 Å². The SMILES string of the molecule is Cc1cc(NC(=O)C2CCN(C(=O)c3ccccc3SCC(=O)N3CCCC3)CC2)no1. The molecule has 1 N–H and O–H groups in total. The quantitative estimate of drug-likeness (QED) is 0.671. The summed E-state index contributed by atoms with van der Waals surface area (Å²) < 4.78 is 4.98. The number of likely N-dealkylation sites (tertiary alicyclic amines) is 2. The zero-order valence-corrected chi connectivity index (χ0v) is 19.0. The number of carbonyl (C=O) groups excluding carboxylic acids is 3. The number of carbonyl (C=O) groups is 3. The third-order valence-corrected chi connectivity index (χ3v) is 7.02. The van der Waals surface area contributed by atoms with Crippen molar-refractivity contribution in [2.75, 3.05) is 37.2 Å². The molecule has 0 bridgehead atoms. The molecule has 2 aliphatic rings. The molecule has 2 aromatic rings. The zero-order chi connectivity index (χ0) is 22.5. The summed E-state index contributed by atoms with van der Waals surface area (Å²) in [5, 5.41) is 6.58. The van der Waals surface area contributed by atoms with Crippen molar-refractivity contribution in [3.05, 3.63) is 41.7 Å². The zero-order valence-electron chi connectivity index (χ0n) is 18.2. The van der Waals surface area contributed by atoms with Crippen LogP contribution in [-0.4, -0.2) is 64.6 Å². The summed E-state index contributed by atoms with van der Waals surface area (Å²) in [5.74, 6) is 1.21. The van der Waals surface area contributed by atoms with Crippen molar-refractivity contribution in [3.63, 3.8) is 0 Å². The standard InChI is InChI=1S/C23H28N4O4S/c1-16-14-20(25-31-16)24-22(29)17-8-12-27(13-9-17)23(30)18-6-2-3-7-19(18)32-15-21(28)26-10-4-5-11-26/h2-3,6-7,14,17H,4-5,8-13,15H2,1H3,(H,24,25,29). The number of anilines is 1. The smallest absolute Gasteiger partial charge is 0.254 e. The molecular weight excluding hydrogens is 428 g/mol. The molecule has 1 aromatic carbocycles. The minimum Gasteiger partial charge on any atom is -0.360 e. The Labute approximate surface area is 191 Å². The molecule has 3 amide bonds. The van der Waals surface area contributed by atoms with Crippen LogP contribution in [-0.2, 0) is 9.59 Å². The Bertz CT molecular complexity index is 978. The fourth-order valence-electron chi connectivity index (χ4n) is 4.14. The van der Waals surface area contributed by atoms with E-state index in [0.717, 1.165) is 30.8 Å². The monoisotopic (exact) mass is 456 g/mol. The Balaban J connectivity index is 1.32. The van der Waals surface area contributed by atoms with Gasteiger partial charge in [-0.05, 0) is 44.7 Å². The molecule has 0 saturated carbocycles. The maximum absolute atomic E-state index is 13.2. The Morgan fingerprint density at radius 1 is 1.09 bits per heavy atom. The first-order valence-electron chi connectivity index (χ1n) is 11.0. The van der Waals surface area contributed by atoms with Gasteiger partial charge in [0.2, 0.25) is 11.8 Å². The molecule has 0 unspecified atom stereocenters.